The van der Waals surface area contributed by atoms with Crippen LogP contribution >= 0.6 is 23.1 Å². The zero-order valence-corrected chi connectivity index (χ0v) is 17.6. The molecule has 28 heavy (non-hydrogen) atoms. The highest BCUT2D eigenvalue weighted by atomic mass is 32.2. The number of hydrogen-bond donors (Lipinski definition) is 1. The van der Waals surface area contributed by atoms with E-state index in [4.69, 9.17) is 0 Å². The van der Waals surface area contributed by atoms with Gasteiger partial charge in [0.2, 0.25) is 5.91 Å². The van der Waals surface area contributed by atoms with Crippen LogP contribution in [0.3, 0.4) is 0 Å². The summed E-state index contributed by atoms with van der Waals surface area (Å²) in [5.41, 5.74) is 3.61. The second kappa shape index (κ2) is 7.53. The Morgan fingerprint density at radius 1 is 1.46 bits per heavy atom. The number of hydrogen-bond acceptors (Lipinski definition) is 7. The Kier molecular flexibility index (Phi) is 5.08. The van der Waals surface area contributed by atoms with Crippen LogP contribution in [0.15, 0.2) is 11.2 Å². The lowest BCUT2D eigenvalue weighted by molar-refractivity contribution is -0.113. The van der Waals surface area contributed by atoms with Crippen molar-refractivity contribution < 1.29 is 4.79 Å². The standard InChI is InChI=1S/C19H20N6OS2/c1-10-4-5-13-14(8-20)17(28-15(13)6-10)22-16(26)9-27-19-24-23-18-21-11(2)7-12(3)25(18)19/h7,10H,4-6,9H2,1-3H3,(H,22,26)/t10-/m1/s1. The molecule has 0 fully saturated rings. The molecule has 1 N–H and O–H groups in total. The molecule has 3 heterocycles. The number of carbonyl (C=O) groups excluding carboxylic acids is 1. The maximum atomic E-state index is 12.5. The number of aryl methyl sites for hydroxylation is 2. The van der Waals surface area contributed by atoms with Crippen LogP contribution in [-0.4, -0.2) is 31.2 Å². The number of rotatable bonds is 4. The average molecular weight is 413 g/mol. The number of nitrogens with zero attached hydrogens (tertiary/aromatic N) is 5. The summed E-state index contributed by atoms with van der Waals surface area (Å²) in [6.07, 6.45) is 2.99. The normalized spacial score (nSPS) is 16.0. The van der Waals surface area contributed by atoms with E-state index < -0.39 is 0 Å². The van der Waals surface area contributed by atoms with Crippen LogP contribution in [0, 0.1) is 31.1 Å². The molecule has 0 bridgehead atoms. The second-order valence-corrected chi connectivity index (χ2v) is 9.21. The highest BCUT2D eigenvalue weighted by Gasteiger charge is 2.24. The van der Waals surface area contributed by atoms with Crippen molar-refractivity contribution in [1.82, 2.24) is 19.6 Å². The van der Waals surface area contributed by atoms with Crippen molar-refractivity contribution >= 4 is 39.8 Å². The number of anilines is 1. The largest absolute Gasteiger partial charge is 0.316 e. The molecule has 0 unspecified atom stereocenters. The van der Waals surface area contributed by atoms with Crippen LogP contribution in [0.4, 0.5) is 5.00 Å². The van der Waals surface area contributed by atoms with E-state index in [2.05, 4.69) is 33.5 Å². The van der Waals surface area contributed by atoms with E-state index in [-0.39, 0.29) is 11.7 Å². The molecule has 1 amide bonds. The predicted octanol–water partition coefficient (Wildman–Crippen LogP) is 3.53. The fourth-order valence-corrected chi connectivity index (χ4v) is 5.71. The number of carbonyl (C=O) groups is 1. The zero-order chi connectivity index (χ0) is 19.8. The van der Waals surface area contributed by atoms with Gasteiger partial charge in [-0.1, -0.05) is 18.7 Å². The summed E-state index contributed by atoms with van der Waals surface area (Å²) < 4.78 is 1.84. The molecule has 4 rings (SSSR count). The van der Waals surface area contributed by atoms with Gasteiger partial charge in [-0.25, -0.2) is 4.98 Å². The SMILES string of the molecule is Cc1cc(C)n2c(SCC(=O)Nc3sc4c(c3C#N)CC[C@@H](C)C4)nnc2n1. The number of nitrogens with one attached hydrogen (secondary N) is 1. The van der Waals surface area contributed by atoms with Crippen LogP contribution in [-0.2, 0) is 17.6 Å². The third kappa shape index (κ3) is 3.50. The number of nitriles is 1. The van der Waals surface area contributed by atoms with E-state index in [9.17, 15) is 10.1 Å². The van der Waals surface area contributed by atoms with Crippen LogP contribution in [0.2, 0.25) is 0 Å². The molecule has 144 valence electrons. The van der Waals surface area contributed by atoms with Crippen molar-refractivity contribution in [2.75, 3.05) is 11.1 Å². The molecule has 9 heteroatoms. The Morgan fingerprint density at radius 2 is 2.29 bits per heavy atom. The first-order valence-corrected chi connectivity index (χ1v) is 10.9. The minimum Gasteiger partial charge on any atom is -0.316 e. The van der Waals surface area contributed by atoms with Gasteiger partial charge in [0.25, 0.3) is 5.78 Å². The van der Waals surface area contributed by atoms with Gasteiger partial charge in [-0.3, -0.25) is 9.20 Å². The van der Waals surface area contributed by atoms with E-state index >= 15 is 0 Å². The van der Waals surface area contributed by atoms with Crippen LogP contribution in [0.5, 0.6) is 0 Å². The average Bonchev–Trinajstić information content (AvgIpc) is 3.19. The first-order valence-electron chi connectivity index (χ1n) is 9.13. The lowest BCUT2D eigenvalue weighted by atomic mass is 9.89. The van der Waals surface area contributed by atoms with Gasteiger partial charge in [-0.05, 0) is 50.7 Å². The minimum absolute atomic E-state index is 0.150. The molecule has 0 aromatic carbocycles. The summed E-state index contributed by atoms with van der Waals surface area (Å²) in [6, 6.07) is 4.24. The third-order valence-corrected chi connectivity index (χ3v) is 6.97. The molecule has 0 saturated carbocycles. The van der Waals surface area contributed by atoms with E-state index in [0.29, 0.717) is 27.4 Å². The molecule has 1 aliphatic rings. The van der Waals surface area contributed by atoms with E-state index in [1.807, 2.05) is 24.3 Å². The van der Waals surface area contributed by atoms with Gasteiger partial charge in [0, 0.05) is 16.3 Å². The molecule has 7 nitrogen and oxygen atoms in total. The van der Waals surface area contributed by atoms with Gasteiger partial charge >= 0.3 is 0 Å². The summed E-state index contributed by atoms with van der Waals surface area (Å²) in [7, 11) is 0. The highest BCUT2D eigenvalue weighted by molar-refractivity contribution is 7.99. The number of amides is 1. The van der Waals surface area contributed by atoms with Gasteiger partial charge in [0.15, 0.2) is 5.16 Å². The second-order valence-electron chi connectivity index (χ2n) is 7.16. The summed E-state index contributed by atoms with van der Waals surface area (Å²) in [6.45, 7) is 6.10. The molecule has 0 saturated heterocycles. The van der Waals surface area contributed by atoms with Crippen molar-refractivity contribution in [3.63, 3.8) is 0 Å². The lowest BCUT2D eigenvalue weighted by Crippen LogP contribution is -2.14. The maximum Gasteiger partial charge on any atom is 0.256 e. The molecule has 0 radical (unpaired) electrons. The summed E-state index contributed by atoms with van der Waals surface area (Å²) in [5, 5.41) is 22.0. The van der Waals surface area contributed by atoms with Gasteiger partial charge in [0.1, 0.15) is 11.1 Å². The van der Waals surface area contributed by atoms with Crippen molar-refractivity contribution in [2.45, 2.75) is 45.2 Å². The number of aromatic nitrogens is 4. The number of thiophene rings is 1. The van der Waals surface area contributed by atoms with Crippen LogP contribution < -0.4 is 5.32 Å². The van der Waals surface area contributed by atoms with Crippen LogP contribution in [0.1, 0.15) is 40.7 Å². The van der Waals surface area contributed by atoms with Gasteiger partial charge in [0.05, 0.1) is 11.3 Å². The van der Waals surface area contributed by atoms with Crippen molar-refractivity contribution in [3.05, 3.63) is 33.5 Å². The Bertz CT molecular complexity index is 1110. The molecule has 1 aliphatic carbocycles. The first-order chi connectivity index (χ1) is 13.5. The number of fused-ring (bicyclic) bond motifs is 2. The van der Waals surface area contributed by atoms with Gasteiger partial charge in [-0.15, -0.1) is 21.5 Å². The van der Waals surface area contributed by atoms with Crippen molar-refractivity contribution in [2.24, 2.45) is 5.92 Å². The van der Waals surface area contributed by atoms with E-state index in [0.717, 1.165) is 36.2 Å². The molecule has 3 aromatic heterocycles. The molecular formula is C19H20N6OS2. The van der Waals surface area contributed by atoms with Gasteiger partial charge in [-0.2, -0.15) is 5.26 Å². The molecular weight excluding hydrogens is 392 g/mol. The Morgan fingerprint density at radius 3 is 3.07 bits per heavy atom. The zero-order valence-electron chi connectivity index (χ0n) is 15.9. The Hall–Kier alpha value is -2.44. The predicted molar refractivity (Wildman–Crippen MR) is 110 cm³/mol. The number of thioether (sulfide) groups is 1. The van der Waals surface area contributed by atoms with E-state index in [1.165, 1.54) is 16.6 Å². The maximum absolute atomic E-state index is 12.5. The monoisotopic (exact) mass is 412 g/mol. The summed E-state index contributed by atoms with van der Waals surface area (Å²) >= 11 is 2.85. The topological polar surface area (TPSA) is 96.0 Å². The molecule has 3 aromatic rings. The smallest absolute Gasteiger partial charge is 0.256 e. The highest BCUT2D eigenvalue weighted by Crippen LogP contribution is 2.39. The Balaban J connectivity index is 1.48. The van der Waals surface area contributed by atoms with Crippen molar-refractivity contribution in [3.8, 4) is 6.07 Å². The molecule has 1 atom stereocenters. The fraction of sp³-hybridized carbons (Fsp3) is 0.421. The molecule has 0 aliphatic heterocycles. The third-order valence-electron chi connectivity index (χ3n) is 4.87. The summed E-state index contributed by atoms with van der Waals surface area (Å²) in [5.74, 6) is 1.20. The Labute approximate surface area is 171 Å². The molecule has 0 spiro atoms. The van der Waals surface area contributed by atoms with E-state index in [1.54, 1.807) is 11.3 Å². The minimum atomic E-state index is -0.150. The van der Waals surface area contributed by atoms with Crippen LogP contribution in [0.25, 0.3) is 5.78 Å². The quantitative estimate of drug-likeness (QED) is 0.659. The summed E-state index contributed by atoms with van der Waals surface area (Å²) in [4.78, 5) is 18.1. The fourth-order valence-electron chi connectivity index (χ4n) is 3.54. The lowest BCUT2D eigenvalue weighted by Gasteiger charge is -2.17. The van der Waals surface area contributed by atoms with Crippen molar-refractivity contribution in [1.29, 1.82) is 5.26 Å². The van der Waals surface area contributed by atoms with Gasteiger partial charge < -0.3 is 5.32 Å². The first kappa shape index (κ1) is 18.9.